The van der Waals surface area contributed by atoms with Gasteiger partial charge in [0.15, 0.2) is 0 Å². The highest BCUT2D eigenvalue weighted by atomic mass is 16.5. The van der Waals surface area contributed by atoms with Gasteiger partial charge in [0.2, 0.25) is 11.8 Å². The van der Waals surface area contributed by atoms with Crippen molar-refractivity contribution in [2.24, 2.45) is 0 Å². The van der Waals surface area contributed by atoms with Gasteiger partial charge in [-0.1, -0.05) is 0 Å². The third kappa shape index (κ3) is 3.38. The molecule has 2 amide bonds. The van der Waals surface area contributed by atoms with E-state index < -0.39 is 0 Å². The number of carbonyl (C=O) groups excluding carboxylic acids is 2. The van der Waals surface area contributed by atoms with Gasteiger partial charge >= 0.3 is 0 Å². The third-order valence-corrected chi connectivity index (χ3v) is 4.97. The van der Waals surface area contributed by atoms with Crippen molar-refractivity contribution in [2.75, 3.05) is 32.1 Å². The van der Waals surface area contributed by atoms with Crippen molar-refractivity contribution in [1.29, 1.82) is 0 Å². The summed E-state index contributed by atoms with van der Waals surface area (Å²) in [7, 11) is 1.66. The average Bonchev–Trinajstić information content (AvgIpc) is 2.90. The molecule has 130 valence electrons. The molecule has 0 radical (unpaired) electrons. The molecule has 1 N–H and O–H groups in total. The predicted molar refractivity (Wildman–Crippen MR) is 92.0 cm³/mol. The predicted octanol–water partition coefficient (Wildman–Crippen LogP) is 1.72. The van der Waals surface area contributed by atoms with Crippen LogP contribution in [0.5, 0.6) is 5.75 Å². The number of likely N-dealkylation sites (tertiary alicyclic amines) is 2. The Morgan fingerprint density at radius 3 is 2.38 bits per heavy atom. The quantitative estimate of drug-likeness (QED) is 0.833. The molecule has 2 heterocycles. The monoisotopic (exact) mass is 331 g/mol. The number of likely N-dealkylation sites (N-methyl/N-ethyl adjacent to an activating group) is 1. The zero-order valence-corrected chi connectivity index (χ0v) is 14.3. The number of nitrogens with one attached hydrogen (secondary N) is 1. The minimum absolute atomic E-state index is 0.0240. The van der Waals surface area contributed by atoms with E-state index in [1.165, 1.54) is 4.90 Å². The van der Waals surface area contributed by atoms with E-state index in [4.69, 9.17) is 4.74 Å². The largest absolute Gasteiger partial charge is 0.497 e. The van der Waals surface area contributed by atoms with E-state index in [9.17, 15) is 9.59 Å². The van der Waals surface area contributed by atoms with Crippen LogP contribution in [0.3, 0.4) is 0 Å². The number of anilines is 1. The first kappa shape index (κ1) is 16.8. The zero-order valence-electron chi connectivity index (χ0n) is 14.3. The van der Waals surface area contributed by atoms with Crippen LogP contribution in [0.1, 0.15) is 26.2 Å². The summed E-state index contributed by atoms with van der Waals surface area (Å²) in [5, 5.41) is 3.54. The standard InChI is InChI=1S/C18H25N3O3/c1-3-21-17(22)12-16(18(21)23)20-10-8-14(9-11-20)19-13-4-6-15(24-2)7-5-13/h4-7,14,16,19H,3,8-12H2,1-2H3/t16-/m1/s1. The van der Waals surface area contributed by atoms with Gasteiger partial charge in [0, 0.05) is 31.4 Å². The Bertz CT molecular complexity index is 594. The first-order valence-electron chi connectivity index (χ1n) is 8.61. The van der Waals surface area contributed by atoms with Crippen LogP contribution >= 0.6 is 0 Å². The molecule has 1 aromatic rings. The Balaban J connectivity index is 1.52. The number of rotatable bonds is 5. The number of hydrogen-bond donors (Lipinski definition) is 1. The molecule has 0 aromatic heterocycles. The fourth-order valence-corrected chi connectivity index (χ4v) is 3.56. The fraction of sp³-hybridized carbons (Fsp3) is 0.556. The molecule has 2 saturated heterocycles. The number of amides is 2. The summed E-state index contributed by atoms with van der Waals surface area (Å²) in [6, 6.07) is 8.06. The minimum atomic E-state index is -0.251. The fourth-order valence-electron chi connectivity index (χ4n) is 3.56. The number of nitrogens with zero attached hydrogens (tertiary/aromatic N) is 2. The van der Waals surface area contributed by atoms with Crippen molar-refractivity contribution < 1.29 is 14.3 Å². The van der Waals surface area contributed by atoms with Crippen molar-refractivity contribution in [3.63, 3.8) is 0 Å². The highest BCUT2D eigenvalue weighted by Crippen LogP contribution is 2.24. The van der Waals surface area contributed by atoms with E-state index in [0.29, 0.717) is 19.0 Å². The summed E-state index contributed by atoms with van der Waals surface area (Å²) < 4.78 is 5.17. The van der Waals surface area contributed by atoms with Crippen LogP contribution in [0, 0.1) is 0 Å². The van der Waals surface area contributed by atoms with Crippen LogP contribution in [-0.2, 0) is 9.59 Å². The maximum atomic E-state index is 12.3. The molecular formula is C18H25N3O3. The van der Waals surface area contributed by atoms with E-state index >= 15 is 0 Å². The average molecular weight is 331 g/mol. The van der Waals surface area contributed by atoms with Crippen molar-refractivity contribution in [3.05, 3.63) is 24.3 Å². The molecule has 0 spiro atoms. The lowest BCUT2D eigenvalue weighted by molar-refractivity contribution is -0.139. The Hall–Kier alpha value is -2.08. The summed E-state index contributed by atoms with van der Waals surface area (Å²) in [6.07, 6.45) is 2.27. The van der Waals surface area contributed by atoms with Crippen molar-refractivity contribution in [3.8, 4) is 5.75 Å². The van der Waals surface area contributed by atoms with Crippen molar-refractivity contribution >= 4 is 17.5 Å². The lowest BCUT2D eigenvalue weighted by atomic mass is 10.0. The molecule has 3 rings (SSSR count). The summed E-state index contributed by atoms with van der Waals surface area (Å²) in [4.78, 5) is 27.7. The van der Waals surface area contributed by atoms with Gasteiger partial charge in [0.25, 0.3) is 0 Å². The number of methoxy groups -OCH3 is 1. The van der Waals surface area contributed by atoms with Crippen LogP contribution in [0.15, 0.2) is 24.3 Å². The van der Waals surface area contributed by atoms with Crippen LogP contribution in [0.4, 0.5) is 5.69 Å². The molecule has 2 fully saturated rings. The maximum absolute atomic E-state index is 12.3. The number of imide groups is 1. The second kappa shape index (κ2) is 7.21. The second-order valence-corrected chi connectivity index (χ2v) is 6.38. The maximum Gasteiger partial charge on any atom is 0.247 e. The third-order valence-electron chi connectivity index (χ3n) is 4.97. The van der Waals surface area contributed by atoms with E-state index in [-0.39, 0.29) is 17.9 Å². The normalized spacial score (nSPS) is 22.9. The van der Waals surface area contributed by atoms with Crippen molar-refractivity contribution in [1.82, 2.24) is 9.80 Å². The molecule has 2 aliphatic rings. The Morgan fingerprint density at radius 1 is 1.17 bits per heavy atom. The van der Waals surface area contributed by atoms with Crippen molar-refractivity contribution in [2.45, 2.75) is 38.3 Å². The first-order chi connectivity index (χ1) is 11.6. The van der Waals surface area contributed by atoms with Gasteiger partial charge in [0.1, 0.15) is 5.75 Å². The highest BCUT2D eigenvalue weighted by Gasteiger charge is 2.41. The summed E-state index contributed by atoms with van der Waals surface area (Å²) in [5.41, 5.74) is 1.08. The van der Waals surface area contributed by atoms with Gasteiger partial charge in [-0.2, -0.15) is 0 Å². The van der Waals surface area contributed by atoms with E-state index in [1.807, 2.05) is 31.2 Å². The van der Waals surface area contributed by atoms with E-state index in [0.717, 1.165) is 37.4 Å². The van der Waals surface area contributed by atoms with E-state index in [2.05, 4.69) is 10.2 Å². The molecule has 0 bridgehead atoms. The number of hydrogen-bond acceptors (Lipinski definition) is 5. The van der Waals surface area contributed by atoms with Gasteiger partial charge in [0.05, 0.1) is 19.6 Å². The molecule has 0 unspecified atom stereocenters. The lowest BCUT2D eigenvalue weighted by Crippen LogP contribution is -2.47. The molecule has 6 heteroatoms. The minimum Gasteiger partial charge on any atom is -0.497 e. The first-order valence-corrected chi connectivity index (χ1v) is 8.61. The SMILES string of the molecule is CCN1C(=O)C[C@@H](N2CCC(Nc3ccc(OC)cc3)CC2)C1=O. The van der Waals surface area contributed by atoms with Crippen LogP contribution in [0.2, 0.25) is 0 Å². The molecule has 2 aliphatic heterocycles. The number of benzene rings is 1. The van der Waals surface area contributed by atoms with Crippen LogP contribution in [-0.4, -0.2) is 60.4 Å². The molecular weight excluding hydrogens is 306 g/mol. The Kier molecular flexibility index (Phi) is 5.04. The van der Waals surface area contributed by atoms with Gasteiger partial charge in [-0.15, -0.1) is 0 Å². The zero-order chi connectivity index (χ0) is 17.1. The van der Waals surface area contributed by atoms with Gasteiger partial charge in [-0.05, 0) is 44.0 Å². The van der Waals surface area contributed by atoms with E-state index in [1.54, 1.807) is 7.11 Å². The Morgan fingerprint density at radius 2 is 1.83 bits per heavy atom. The van der Waals surface area contributed by atoms with Crippen LogP contribution < -0.4 is 10.1 Å². The van der Waals surface area contributed by atoms with Gasteiger partial charge < -0.3 is 10.1 Å². The highest BCUT2D eigenvalue weighted by molar-refractivity contribution is 6.05. The molecule has 0 saturated carbocycles. The number of carbonyl (C=O) groups is 2. The summed E-state index contributed by atoms with van der Waals surface area (Å²) in [5.74, 6) is 0.787. The lowest BCUT2D eigenvalue weighted by Gasteiger charge is -2.35. The molecule has 24 heavy (non-hydrogen) atoms. The summed E-state index contributed by atoms with van der Waals surface area (Å²) in [6.45, 7) is 4.01. The number of piperidine rings is 1. The Labute approximate surface area is 142 Å². The van der Waals surface area contributed by atoms with Gasteiger partial charge in [-0.3, -0.25) is 19.4 Å². The molecule has 0 aliphatic carbocycles. The molecule has 1 atom stereocenters. The smallest absolute Gasteiger partial charge is 0.247 e. The molecule has 6 nitrogen and oxygen atoms in total. The topological polar surface area (TPSA) is 61.9 Å². The van der Waals surface area contributed by atoms with Crippen LogP contribution in [0.25, 0.3) is 0 Å². The molecule has 1 aromatic carbocycles. The second-order valence-electron chi connectivity index (χ2n) is 6.38. The number of ether oxygens (including phenoxy) is 1. The summed E-state index contributed by atoms with van der Waals surface area (Å²) >= 11 is 0. The van der Waals surface area contributed by atoms with Gasteiger partial charge in [-0.25, -0.2) is 0 Å².